The molecule has 0 amide bonds. The lowest BCUT2D eigenvalue weighted by molar-refractivity contribution is 0.338. The van der Waals surface area contributed by atoms with Gasteiger partial charge in [-0.15, -0.1) is 0 Å². The predicted molar refractivity (Wildman–Crippen MR) is 106 cm³/mol. The summed E-state index contributed by atoms with van der Waals surface area (Å²) in [5.41, 5.74) is 5.39. The molecule has 0 bridgehead atoms. The van der Waals surface area contributed by atoms with Gasteiger partial charge in [0.15, 0.2) is 0 Å². The van der Waals surface area contributed by atoms with Crippen LogP contribution in [0, 0.1) is 5.92 Å². The van der Waals surface area contributed by atoms with Crippen molar-refractivity contribution in [2.75, 3.05) is 13.1 Å². The average molecular weight is 471 g/mol. The first-order chi connectivity index (χ1) is 11.6. The number of rotatable bonds is 1. The summed E-state index contributed by atoms with van der Waals surface area (Å²) < 4.78 is 2.19. The van der Waals surface area contributed by atoms with Gasteiger partial charge < -0.3 is 5.32 Å². The number of benzene rings is 1. The fraction of sp³-hybridized carbons (Fsp3) is 0.421. The second-order valence-electron chi connectivity index (χ2n) is 6.72. The minimum atomic E-state index is 0.347. The highest BCUT2D eigenvalue weighted by Gasteiger charge is 2.34. The molecule has 1 unspecified atom stereocenters. The molecule has 1 fully saturated rings. The Labute approximate surface area is 164 Å². The lowest BCUT2D eigenvalue weighted by Crippen LogP contribution is -2.32. The van der Waals surface area contributed by atoms with Gasteiger partial charge >= 0.3 is 0 Å². The summed E-state index contributed by atoms with van der Waals surface area (Å²) in [5, 5.41) is 4.30. The SMILES string of the molecule is Clc1cc(Br)c2c(c1)CCc1cc(Br)cnc1C2C1CCNCC1. The van der Waals surface area contributed by atoms with Gasteiger partial charge in [0.25, 0.3) is 0 Å². The smallest absolute Gasteiger partial charge is 0.0514 e. The van der Waals surface area contributed by atoms with E-state index in [1.165, 1.54) is 35.2 Å². The molecule has 0 radical (unpaired) electrons. The molecule has 1 atom stereocenters. The Morgan fingerprint density at radius 1 is 1.04 bits per heavy atom. The number of nitrogens with zero attached hydrogens (tertiary/aromatic N) is 1. The Morgan fingerprint density at radius 3 is 2.58 bits per heavy atom. The van der Waals surface area contributed by atoms with Gasteiger partial charge in [-0.3, -0.25) is 4.98 Å². The Bertz CT molecular complexity index is 772. The van der Waals surface area contributed by atoms with Gasteiger partial charge in [-0.2, -0.15) is 0 Å². The highest BCUT2D eigenvalue weighted by Crippen LogP contribution is 2.45. The van der Waals surface area contributed by atoms with Crippen LogP contribution in [0.25, 0.3) is 0 Å². The Kier molecular flexibility index (Phi) is 5.01. The zero-order valence-electron chi connectivity index (χ0n) is 13.3. The number of fused-ring (bicyclic) bond motifs is 2. The van der Waals surface area contributed by atoms with Gasteiger partial charge in [-0.1, -0.05) is 27.5 Å². The maximum atomic E-state index is 6.34. The standard InChI is InChI=1S/C19H19Br2ClN2/c20-14-7-13-2-1-12-8-15(22)9-16(21)17(12)18(19(13)24-10-14)11-3-5-23-6-4-11/h7-11,18,23H,1-6H2. The van der Waals surface area contributed by atoms with Crippen molar-refractivity contribution in [1.82, 2.24) is 10.3 Å². The summed E-state index contributed by atoms with van der Waals surface area (Å²) in [6.07, 6.45) is 6.36. The summed E-state index contributed by atoms with van der Waals surface area (Å²) >= 11 is 13.7. The van der Waals surface area contributed by atoms with E-state index in [1.54, 1.807) is 0 Å². The minimum Gasteiger partial charge on any atom is -0.317 e. The molecule has 5 heteroatoms. The number of hydrogen-bond acceptors (Lipinski definition) is 2. The largest absolute Gasteiger partial charge is 0.317 e. The minimum absolute atomic E-state index is 0.347. The molecule has 0 spiro atoms. The second kappa shape index (κ2) is 7.06. The van der Waals surface area contributed by atoms with E-state index in [-0.39, 0.29) is 0 Å². The zero-order chi connectivity index (χ0) is 16.7. The number of piperidine rings is 1. The molecule has 1 N–H and O–H groups in total. The Balaban J connectivity index is 1.91. The van der Waals surface area contributed by atoms with Crippen LogP contribution in [0.15, 0.2) is 33.3 Å². The Hall–Kier alpha value is -0.420. The molecule has 24 heavy (non-hydrogen) atoms. The van der Waals surface area contributed by atoms with Crippen molar-refractivity contribution in [3.05, 3.63) is 60.7 Å². The van der Waals surface area contributed by atoms with Crippen LogP contribution in [0.1, 0.15) is 41.1 Å². The average Bonchev–Trinajstić information content (AvgIpc) is 2.72. The van der Waals surface area contributed by atoms with Crippen LogP contribution in [-0.2, 0) is 12.8 Å². The lowest BCUT2D eigenvalue weighted by atomic mass is 9.77. The van der Waals surface area contributed by atoms with Gasteiger partial charge in [0, 0.05) is 26.1 Å². The summed E-state index contributed by atoms with van der Waals surface area (Å²) in [6.45, 7) is 2.18. The number of hydrogen-bond donors (Lipinski definition) is 1. The normalized spacial score (nSPS) is 21.0. The Morgan fingerprint density at radius 2 is 1.79 bits per heavy atom. The maximum Gasteiger partial charge on any atom is 0.0514 e. The van der Waals surface area contributed by atoms with Gasteiger partial charge in [0.2, 0.25) is 0 Å². The van der Waals surface area contributed by atoms with E-state index >= 15 is 0 Å². The molecule has 1 aromatic carbocycles. The summed E-state index contributed by atoms with van der Waals surface area (Å²) in [4.78, 5) is 4.88. The van der Waals surface area contributed by atoms with Gasteiger partial charge in [0.05, 0.1) is 5.69 Å². The quantitative estimate of drug-likeness (QED) is 0.596. The number of aryl methyl sites for hydroxylation is 2. The number of halogens is 3. The lowest BCUT2D eigenvalue weighted by Gasteiger charge is -2.32. The first kappa shape index (κ1) is 17.0. The van der Waals surface area contributed by atoms with Crippen molar-refractivity contribution in [2.24, 2.45) is 5.92 Å². The third-order valence-electron chi connectivity index (χ3n) is 5.27. The third-order valence-corrected chi connectivity index (χ3v) is 6.58. The van der Waals surface area contributed by atoms with Crippen LogP contribution >= 0.6 is 43.5 Å². The molecule has 1 aliphatic heterocycles. The molecule has 1 saturated heterocycles. The molecular formula is C19H19Br2ClN2. The maximum absolute atomic E-state index is 6.34. The van der Waals surface area contributed by atoms with E-state index in [4.69, 9.17) is 16.6 Å². The van der Waals surface area contributed by atoms with E-state index < -0.39 is 0 Å². The first-order valence-electron chi connectivity index (χ1n) is 8.46. The predicted octanol–water partition coefficient (Wildman–Crippen LogP) is 5.49. The summed E-state index contributed by atoms with van der Waals surface area (Å²) in [7, 11) is 0. The first-order valence-corrected chi connectivity index (χ1v) is 10.4. The molecule has 2 aromatic rings. The van der Waals surface area contributed by atoms with Crippen molar-refractivity contribution < 1.29 is 0 Å². The third kappa shape index (κ3) is 3.18. The molecule has 1 aromatic heterocycles. The zero-order valence-corrected chi connectivity index (χ0v) is 17.2. The molecule has 2 aliphatic rings. The van der Waals surface area contributed by atoms with Gasteiger partial charge in [0.1, 0.15) is 0 Å². The fourth-order valence-corrected chi connectivity index (χ4v) is 5.71. The highest BCUT2D eigenvalue weighted by atomic mass is 79.9. The van der Waals surface area contributed by atoms with Crippen LogP contribution in [0.3, 0.4) is 0 Å². The number of aromatic nitrogens is 1. The second-order valence-corrected chi connectivity index (χ2v) is 8.93. The van der Waals surface area contributed by atoms with Crippen LogP contribution in [-0.4, -0.2) is 18.1 Å². The van der Waals surface area contributed by atoms with Crippen molar-refractivity contribution in [3.8, 4) is 0 Å². The number of pyridine rings is 1. The van der Waals surface area contributed by atoms with Crippen LogP contribution in [0.2, 0.25) is 5.02 Å². The molecule has 126 valence electrons. The molecule has 4 rings (SSSR count). The van der Waals surface area contributed by atoms with Crippen molar-refractivity contribution in [3.63, 3.8) is 0 Å². The topological polar surface area (TPSA) is 24.9 Å². The van der Waals surface area contributed by atoms with E-state index in [0.717, 1.165) is 39.9 Å². The van der Waals surface area contributed by atoms with E-state index in [2.05, 4.69) is 49.3 Å². The molecular weight excluding hydrogens is 451 g/mol. The van der Waals surface area contributed by atoms with E-state index in [9.17, 15) is 0 Å². The van der Waals surface area contributed by atoms with Crippen molar-refractivity contribution in [1.29, 1.82) is 0 Å². The van der Waals surface area contributed by atoms with Crippen molar-refractivity contribution >= 4 is 43.5 Å². The fourth-order valence-electron chi connectivity index (χ4n) is 4.21. The molecule has 1 aliphatic carbocycles. The van der Waals surface area contributed by atoms with Gasteiger partial charge in [-0.05, 0) is 95.5 Å². The van der Waals surface area contributed by atoms with Crippen LogP contribution < -0.4 is 5.32 Å². The molecule has 2 nitrogen and oxygen atoms in total. The summed E-state index contributed by atoms with van der Waals surface area (Å²) in [5.74, 6) is 0.965. The van der Waals surface area contributed by atoms with Gasteiger partial charge in [-0.25, -0.2) is 0 Å². The molecule has 0 saturated carbocycles. The van der Waals surface area contributed by atoms with Crippen LogP contribution in [0.4, 0.5) is 0 Å². The van der Waals surface area contributed by atoms with E-state index in [0.29, 0.717) is 11.8 Å². The highest BCUT2D eigenvalue weighted by molar-refractivity contribution is 9.10. The monoisotopic (exact) mass is 468 g/mol. The number of nitrogens with one attached hydrogen (secondary N) is 1. The van der Waals surface area contributed by atoms with Crippen LogP contribution in [0.5, 0.6) is 0 Å². The van der Waals surface area contributed by atoms with Crippen molar-refractivity contribution in [2.45, 2.75) is 31.6 Å². The summed E-state index contributed by atoms with van der Waals surface area (Å²) in [6, 6.07) is 6.44. The molecule has 2 heterocycles. The van der Waals surface area contributed by atoms with E-state index in [1.807, 2.05) is 12.3 Å².